The first-order valence-electron chi connectivity index (χ1n) is 6.03. The Bertz CT molecular complexity index is 806. The first kappa shape index (κ1) is 12.7. The number of aromatic nitrogens is 4. The van der Waals surface area contributed by atoms with Crippen LogP contribution in [0.1, 0.15) is 17.0 Å². The van der Waals surface area contributed by atoms with Crippen molar-refractivity contribution in [2.24, 2.45) is 0 Å². The fourth-order valence-corrected chi connectivity index (χ4v) is 2.96. The predicted molar refractivity (Wildman–Crippen MR) is 75.4 cm³/mol. The van der Waals surface area contributed by atoms with E-state index in [-0.39, 0.29) is 6.42 Å². The predicted octanol–water partition coefficient (Wildman–Crippen LogP) is 2.12. The lowest BCUT2D eigenvalue weighted by atomic mass is 10.1. The van der Waals surface area contributed by atoms with Crippen molar-refractivity contribution in [3.63, 3.8) is 0 Å². The fraction of sp³-hybridized carbons (Fsp3) is 0.231. The highest BCUT2D eigenvalue weighted by Gasteiger charge is 2.17. The third-order valence-corrected chi connectivity index (χ3v) is 4.03. The zero-order valence-electron chi connectivity index (χ0n) is 11.0. The van der Waals surface area contributed by atoms with Gasteiger partial charge in [-0.1, -0.05) is 0 Å². The maximum absolute atomic E-state index is 10.9. The molecule has 0 aliphatic rings. The molecule has 0 saturated heterocycles. The number of carboxylic acid groups (broad SMARTS) is 1. The first-order valence-corrected chi connectivity index (χ1v) is 6.91. The standard InChI is InChI=1S/C13H12N4O2S/c1-7-10(5-11(18)19)8(2)17(16-7)12-9-3-4-20-13(9)15-6-14-12/h3-4,6H,5H2,1-2H3,(H,18,19). The maximum Gasteiger partial charge on any atom is 0.307 e. The highest BCUT2D eigenvalue weighted by molar-refractivity contribution is 7.16. The van der Waals surface area contributed by atoms with Gasteiger partial charge in [-0.25, -0.2) is 14.6 Å². The van der Waals surface area contributed by atoms with Crippen LogP contribution in [0, 0.1) is 13.8 Å². The maximum atomic E-state index is 10.9. The van der Waals surface area contributed by atoms with Crippen molar-refractivity contribution in [1.82, 2.24) is 19.7 Å². The second-order valence-electron chi connectivity index (χ2n) is 4.47. The molecule has 3 aromatic rings. The van der Waals surface area contributed by atoms with Gasteiger partial charge < -0.3 is 5.11 Å². The SMILES string of the molecule is Cc1nn(-c2ncnc3sccc23)c(C)c1CC(=O)O. The number of carbonyl (C=O) groups is 1. The van der Waals surface area contributed by atoms with Crippen molar-refractivity contribution in [2.45, 2.75) is 20.3 Å². The smallest absolute Gasteiger partial charge is 0.307 e. The highest BCUT2D eigenvalue weighted by Crippen LogP contribution is 2.25. The van der Waals surface area contributed by atoms with E-state index in [0.717, 1.165) is 21.5 Å². The Labute approximate surface area is 118 Å². The van der Waals surface area contributed by atoms with Gasteiger partial charge in [0.15, 0.2) is 5.82 Å². The second kappa shape index (κ2) is 4.68. The Morgan fingerprint density at radius 2 is 2.20 bits per heavy atom. The van der Waals surface area contributed by atoms with Crippen LogP contribution in [0.3, 0.4) is 0 Å². The molecule has 0 bridgehead atoms. The quantitative estimate of drug-likeness (QED) is 0.798. The number of rotatable bonds is 3. The van der Waals surface area contributed by atoms with Crippen molar-refractivity contribution in [3.05, 3.63) is 34.7 Å². The summed E-state index contributed by atoms with van der Waals surface area (Å²) >= 11 is 1.54. The summed E-state index contributed by atoms with van der Waals surface area (Å²) in [6.07, 6.45) is 1.47. The van der Waals surface area contributed by atoms with Crippen molar-refractivity contribution in [3.8, 4) is 5.82 Å². The third-order valence-electron chi connectivity index (χ3n) is 3.21. The van der Waals surface area contributed by atoms with Crippen molar-refractivity contribution in [2.75, 3.05) is 0 Å². The summed E-state index contributed by atoms with van der Waals surface area (Å²) < 4.78 is 1.70. The van der Waals surface area contributed by atoms with E-state index in [1.54, 1.807) is 4.68 Å². The van der Waals surface area contributed by atoms with Gasteiger partial charge in [-0.05, 0) is 25.3 Å². The van der Waals surface area contributed by atoms with Gasteiger partial charge in [-0.3, -0.25) is 4.79 Å². The number of fused-ring (bicyclic) bond motifs is 1. The molecule has 0 amide bonds. The van der Waals surface area contributed by atoms with Crippen molar-refractivity contribution >= 4 is 27.5 Å². The minimum Gasteiger partial charge on any atom is -0.481 e. The first-order chi connectivity index (χ1) is 9.58. The minimum absolute atomic E-state index is 0.0322. The number of hydrogen-bond donors (Lipinski definition) is 1. The van der Waals surface area contributed by atoms with E-state index in [9.17, 15) is 4.79 Å². The van der Waals surface area contributed by atoms with Gasteiger partial charge in [0, 0.05) is 11.3 Å². The Kier molecular flexibility index (Phi) is 2.98. The van der Waals surface area contributed by atoms with Crippen LogP contribution < -0.4 is 0 Å². The Morgan fingerprint density at radius 3 is 2.95 bits per heavy atom. The van der Waals surface area contributed by atoms with E-state index >= 15 is 0 Å². The van der Waals surface area contributed by atoms with Crippen LogP contribution in [0.15, 0.2) is 17.8 Å². The van der Waals surface area contributed by atoms with Crippen LogP contribution >= 0.6 is 11.3 Å². The fourth-order valence-electron chi connectivity index (χ4n) is 2.23. The lowest BCUT2D eigenvalue weighted by molar-refractivity contribution is -0.136. The van der Waals surface area contributed by atoms with Crippen molar-refractivity contribution in [1.29, 1.82) is 0 Å². The molecule has 0 radical (unpaired) electrons. The largest absolute Gasteiger partial charge is 0.481 e. The molecule has 102 valence electrons. The Hall–Kier alpha value is -2.28. The molecule has 0 aliphatic heterocycles. The van der Waals surface area contributed by atoms with Crippen LogP contribution in [0.5, 0.6) is 0 Å². The zero-order valence-corrected chi connectivity index (χ0v) is 11.8. The lowest BCUT2D eigenvalue weighted by Gasteiger charge is -2.04. The number of aryl methyl sites for hydroxylation is 1. The van der Waals surface area contributed by atoms with Gasteiger partial charge >= 0.3 is 5.97 Å². The molecular weight excluding hydrogens is 276 g/mol. The molecule has 0 fully saturated rings. The van der Waals surface area contributed by atoms with Gasteiger partial charge in [0.05, 0.1) is 17.5 Å². The number of thiophene rings is 1. The molecule has 0 atom stereocenters. The van der Waals surface area contributed by atoms with Gasteiger partial charge in [-0.15, -0.1) is 11.3 Å². The number of hydrogen-bond acceptors (Lipinski definition) is 5. The molecule has 0 unspecified atom stereocenters. The normalized spacial score (nSPS) is 11.1. The van der Waals surface area contributed by atoms with Crippen LogP contribution in [-0.2, 0) is 11.2 Å². The summed E-state index contributed by atoms with van der Waals surface area (Å²) in [6.45, 7) is 3.67. The molecule has 0 saturated carbocycles. The average Bonchev–Trinajstić information content (AvgIpc) is 2.98. The van der Waals surface area contributed by atoms with Crippen LogP contribution in [0.25, 0.3) is 16.0 Å². The Balaban J connectivity index is 2.20. The molecule has 6 nitrogen and oxygen atoms in total. The molecular formula is C13H12N4O2S. The van der Waals surface area contributed by atoms with Gasteiger partial charge in [0.1, 0.15) is 11.2 Å². The van der Waals surface area contributed by atoms with Gasteiger partial charge in [-0.2, -0.15) is 5.10 Å². The summed E-state index contributed by atoms with van der Waals surface area (Å²) in [6, 6.07) is 1.95. The average molecular weight is 288 g/mol. The summed E-state index contributed by atoms with van der Waals surface area (Å²) in [7, 11) is 0. The molecule has 0 aliphatic carbocycles. The number of aliphatic carboxylic acids is 1. The monoisotopic (exact) mass is 288 g/mol. The molecule has 1 N–H and O–H groups in total. The number of carboxylic acids is 1. The molecule has 3 rings (SSSR count). The Morgan fingerprint density at radius 1 is 1.40 bits per heavy atom. The van der Waals surface area contributed by atoms with E-state index in [2.05, 4.69) is 15.1 Å². The molecule has 3 heterocycles. The van der Waals surface area contributed by atoms with Crippen molar-refractivity contribution < 1.29 is 9.90 Å². The van der Waals surface area contributed by atoms with E-state index in [1.807, 2.05) is 25.3 Å². The van der Waals surface area contributed by atoms with E-state index in [0.29, 0.717) is 11.5 Å². The molecule has 3 aromatic heterocycles. The van der Waals surface area contributed by atoms with Crippen LogP contribution in [0.2, 0.25) is 0 Å². The van der Waals surface area contributed by atoms with Crippen LogP contribution in [-0.4, -0.2) is 30.8 Å². The topological polar surface area (TPSA) is 80.9 Å². The van der Waals surface area contributed by atoms with Crippen LogP contribution in [0.4, 0.5) is 0 Å². The van der Waals surface area contributed by atoms with E-state index < -0.39 is 5.97 Å². The summed E-state index contributed by atoms with van der Waals surface area (Å²) in [4.78, 5) is 20.3. The summed E-state index contributed by atoms with van der Waals surface area (Å²) in [5.74, 6) is -0.174. The molecule has 20 heavy (non-hydrogen) atoms. The number of nitrogens with zero attached hydrogens (tertiary/aromatic N) is 4. The minimum atomic E-state index is -0.862. The van der Waals surface area contributed by atoms with E-state index in [1.165, 1.54) is 17.7 Å². The summed E-state index contributed by atoms with van der Waals surface area (Å²) in [5, 5.41) is 16.3. The van der Waals surface area contributed by atoms with Gasteiger partial charge in [0.25, 0.3) is 0 Å². The third kappa shape index (κ3) is 1.96. The van der Waals surface area contributed by atoms with Gasteiger partial charge in [0.2, 0.25) is 0 Å². The second-order valence-corrected chi connectivity index (χ2v) is 5.36. The van der Waals surface area contributed by atoms with E-state index in [4.69, 9.17) is 5.11 Å². The lowest BCUT2D eigenvalue weighted by Crippen LogP contribution is -2.05. The molecule has 0 aromatic carbocycles. The molecule has 7 heteroatoms. The molecule has 0 spiro atoms. The highest BCUT2D eigenvalue weighted by atomic mass is 32.1. The zero-order chi connectivity index (χ0) is 14.3. The summed E-state index contributed by atoms with van der Waals surface area (Å²) in [5.41, 5.74) is 2.25.